The number of nitrogens with zero attached hydrogens (tertiary/aromatic N) is 1. The molecule has 0 spiro atoms. The van der Waals surface area contributed by atoms with Crippen LogP contribution < -0.4 is 11.1 Å². The van der Waals surface area contributed by atoms with Crippen molar-refractivity contribution < 1.29 is 4.92 Å². The van der Waals surface area contributed by atoms with Gasteiger partial charge >= 0.3 is 0 Å². The lowest BCUT2D eigenvalue weighted by atomic mass is 10.0. The fourth-order valence-corrected chi connectivity index (χ4v) is 2.07. The quantitative estimate of drug-likeness (QED) is 0.495. The van der Waals surface area contributed by atoms with Gasteiger partial charge in [-0.1, -0.05) is 38.1 Å². The first-order valence-corrected chi connectivity index (χ1v) is 6.83. The summed E-state index contributed by atoms with van der Waals surface area (Å²) >= 11 is 0. The van der Waals surface area contributed by atoms with Crippen LogP contribution in [0.15, 0.2) is 42.5 Å². The van der Waals surface area contributed by atoms with Crippen LogP contribution in [-0.4, -0.2) is 4.92 Å². The third-order valence-electron chi connectivity index (χ3n) is 3.29. The molecule has 0 amide bonds. The van der Waals surface area contributed by atoms with Gasteiger partial charge in [0.25, 0.3) is 5.69 Å². The molecular weight excluding hydrogens is 266 g/mol. The van der Waals surface area contributed by atoms with Crippen LogP contribution in [0.5, 0.6) is 0 Å². The van der Waals surface area contributed by atoms with Gasteiger partial charge in [0.2, 0.25) is 0 Å². The summed E-state index contributed by atoms with van der Waals surface area (Å²) < 4.78 is 0. The summed E-state index contributed by atoms with van der Waals surface area (Å²) in [4.78, 5) is 10.4. The van der Waals surface area contributed by atoms with E-state index in [2.05, 4.69) is 43.4 Å². The number of non-ortho nitro benzene ring substituents is 1. The van der Waals surface area contributed by atoms with E-state index in [4.69, 9.17) is 5.73 Å². The van der Waals surface area contributed by atoms with Crippen molar-refractivity contribution in [3.63, 3.8) is 0 Å². The van der Waals surface area contributed by atoms with Crippen molar-refractivity contribution in [2.24, 2.45) is 0 Å². The van der Waals surface area contributed by atoms with Gasteiger partial charge in [-0.15, -0.1) is 0 Å². The summed E-state index contributed by atoms with van der Waals surface area (Å²) in [6, 6.07) is 12.8. The second kappa shape index (κ2) is 6.26. The van der Waals surface area contributed by atoms with Gasteiger partial charge in [-0.3, -0.25) is 10.1 Å². The van der Waals surface area contributed by atoms with Crippen molar-refractivity contribution >= 4 is 17.1 Å². The van der Waals surface area contributed by atoms with Crippen molar-refractivity contribution in [3.8, 4) is 0 Å². The zero-order valence-corrected chi connectivity index (χ0v) is 12.2. The zero-order chi connectivity index (χ0) is 15.4. The van der Waals surface area contributed by atoms with Gasteiger partial charge < -0.3 is 11.1 Å². The molecule has 0 radical (unpaired) electrons. The molecule has 2 aromatic carbocycles. The third kappa shape index (κ3) is 3.95. The van der Waals surface area contributed by atoms with Crippen molar-refractivity contribution in [1.82, 2.24) is 0 Å². The lowest BCUT2D eigenvalue weighted by Gasteiger charge is -2.09. The predicted molar refractivity (Wildman–Crippen MR) is 85.4 cm³/mol. The molecule has 5 nitrogen and oxygen atoms in total. The van der Waals surface area contributed by atoms with Crippen LogP contribution in [0.3, 0.4) is 0 Å². The van der Waals surface area contributed by atoms with E-state index in [1.807, 2.05) is 0 Å². The lowest BCUT2D eigenvalue weighted by Crippen LogP contribution is -2.01. The highest BCUT2D eigenvalue weighted by molar-refractivity contribution is 5.61. The number of nitrogens with two attached hydrogens (primary N) is 1. The Kier molecular flexibility index (Phi) is 4.42. The van der Waals surface area contributed by atoms with Gasteiger partial charge in [0, 0.05) is 30.1 Å². The van der Waals surface area contributed by atoms with Crippen LogP contribution in [-0.2, 0) is 6.54 Å². The number of hydrogen-bond acceptors (Lipinski definition) is 4. The first-order chi connectivity index (χ1) is 9.95. The SMILES string of the molecule is CC(C)c1ccc(CNc2cc(N)cc([N+](=O)[O-])c2)cc1. The molecule has 0 aliphatic rings. The first-order valence-electron chi connectivity index (χ1n) is 6.83. The van der Waals surface area contributed by atoms with E-state index in [1.165, 1.54) is 17.7 Å². The Bertz CT molecular complexity index is 636. The van der Waals surface area contributed by atoms with E-state index in [-0.39, 0.29) is 5.69 Å². The van der Waals surface area contributed by atoms with E-state index < -0.39 is 4.92 Å². The van der Waals surface area contributed by atoms with Crippen LogP contribution in [0.1, 0.15) is 30.9 Å². The molecule has 0 heterocycles. The van der Waals surface area contributed by atoms with Gasteiger partial charge in [0.1, 0.15) is 0 Å². The summed E-state index contributed by atoms with van der Waals surface area (Å²) in [6.45, 7) is 4.90. The molecule has 0 aliphatic heterocycles. The molecule has 2 aromatic rings. The molecule has 0 saturated heterocycles. The molecule has 110 valence electrons. The van der Waals surface area contributed by atoms with E-state index in [0.29, 0.717) is 23.8 Å². The average molecular weight is 285 g/mol. The van der Waals surface area contributed by atoms with Gasteiger partial charge in [-0.2, -0.15) is 0 Å². The van der Waals surface area contributed by atoms with Gasteiger partial charge in [0.05, 0.1) is 4.92 Å². The van der Waals surface area contributed by atoms with E-state index in [9.17, 15) is 10.1 Å². The van der Waals surface area contributed by atoms with Crippen LogP contribution in [0.25, 0.3) is 0 Å². The minimum absolute atomic E-state index is 0.00680. The first kappa shape index (κ1) is 14.8. The largest absolute Gasteiger partial charge is 0.398 e. The standard InChI is InChI=1S/C16H19N3O2/c1-11(2)13-5-3-12(4-6-13)10-18-15-7-14(17)8-16(9-15)19(20)21/h3-9,11,18H,10,17H2,1-2H3. The number of nitrogen functional groups attached to an aromatic ring is 1. The molecule has 0 aliphatic carbocycles. The predicted octanol–water partition coefficient (Wildman–Crippen LogP) is 3.91. The van der Waals surface area contributed by atoms with Crippen molar-refractivity contribution in [2.45, 2.75) is 26.3 Å². The van der Waals surface area contributed by atoms with E-state index >= 15 is 0 Å². The maximum absolute atomic E-state index is 10.8. The molecule has 0 fully saturated rings. The Balaban J connectivity index is 2.07. The summed E-state index contributed by atoms with van der Waals surface area (Å²) in [5, 5.41) is 14.0. The van der Waals surface area contributed by atoms with Crippen LogP contribution in [0, 0.1) is 10.1 Å². The topological polar surface area (TPSA) is 81.2 Å². The minimum Gasteiger partial charge on any atom is -0.398 e. The monoisotopic (exact) mass is 285 g/mol. The molecular formula is C16H19N3O2. The number of anilines is 2. The fraction of sp³-hybridized carbons (Fsp3) is 0.250. The van der Waals surface area contributed by atoms with Crippen LogP contribution in [0.4, 0.5) is 17.1 Å². The molecule has 0 saturated carbocycles. The summed E-state index contributed by atoms with van der Waals surface area (Å²) in [6.07, 6.45) is 0. The third-order valence-corrected chi connectivity index (χ3v) is 3.29. The second-order valence-electron chi connectivity index (χ2n) is 5.32. The second-order valence-corrected chi connectivity index (χ2v) is 5.32. The molecule has 5 heteroatoms. The highest BCUT2D eigenvalue weighted by Crippen LogP contribution is 2.23. The molecule has 0 aromatic heterocycles. The zero-order valence-electron chi connectivity index (χ0n) is 12.2. The summed E-state index contributed by atoms with van der Waals surface area (Å²) in [5.74, 6) is 0.503. The average Bonchev–Trinajstić information content (AvgIpc) is 2.45. The highest BCUT2D eigenvalue weighted by Gasteiger charge is 2.08. The van der Waals surface area contributed by atoms with Gasteiger partial charge in [-0.05, 0) is 23.1 Å². The Morgan fingerprint density at radius 3 is 2.43 bits per heavy atom. The maximum atomic E-state index is 10.8. The smallest absolute Gasteiger partial charge is 0.273 e. The lowest BCUT2D eigenvalue weighted by molar-refractivity contribution is -0.384. The Hall–Kier alpha value is -2.56. The molecule has 0 atom stereocenters. The number of nitro benzene ring substituents is 1. The number of nitro groups is 1. The summed E-state index contributed by atoms with van der Waals surface area (Å²) in [7, 11) is 0. The number of hydrogen-bond donors (Lipinski definition) is 2. The van der Waals surface area contributed by atoms with Crippen molar-refractivity contribution in [2.75, 3.05) is 11.1 Å². The molecule has 0 bridgehead atoms. The molecule has 0 unspecified atom stereocenters. The Labute approximate surface area is 123 Å². The fourth-order valence-electron chi connectivity index (χ4n) is 2.07. The summed E-state index contributed by atoms with van der Waals surface area (Å²) in [5.41, 5.74) is 9.10. The van der Waals surface area contributed by atoms with Crippen molar-refractivity contribution in [3.05, 3.63) is 63.7 Å². The van der Waals surface area contributed by atoms with Crippen LogP contribution in [0.2, 0.25) is 0 Å². The number of rotatable bonds is 5. The van der Waals surface area contributed by atoms with E-state index in [0.717, 1.165) is 5.56 Å². The Morgan fingerprint density at radius 2 is 1.86 bits per heavy atom. The number of nitrogens with one attached hydrogen (secondary N) is 1. The molecule has 2 rings (SSSR count). The maximum Gasteiger partial charge on any atom is 0.273 e. The number of benzene rings is 2. The normalized spacial score (nSPS) is 10.6. The molecule has 21 heavy (non-hydrogen) atoms. The van der Waals surface area contributed by atoms with Gasteiger partial charge in [-0.25, -0.2) is 0 Å². The van der Waals surface area contributed by atoms with Crippen molar-refractivity contribution in [1.29, 1.82) is 0 Å². The Morgan fingerprint density at radius 1 is 1.19 bits per heavy atom. The van der Waals surface area contributed by atoms with Gasteiger partial charge in [0.15, 0.2) is 0 Å². The van der Waals surface area contributed by atoms with E-state index in [1.54, 1.807) is 6.07 Å². The highest BCUT2D eigenvalue weighted by atomic mass is 16.6. The van der Waals surface area contributed by atoms with Crippen LogP contribution >= 0.6 is 0 Å². The minimum atomic E-state index is -0.445. The molecule has 3 N–H and O–H groups in total.